The van der Waals surface area contributed by atoms with Gasteiger partial charge in [0.05, 0.1) is 17.6 Å². The number of pyridine rings is 1. The minimum Gasteiger partial charge on any atom is -0.399 e. The van der Waals surface area contributed by atoms with E-state index >= 15 is 0 Å². The maximum absolute atomic E-state index is 13.7. The molecule has 10 nitrogen and oxygen atoms in total. The van der Waals surface area contributed by atoms with E-state index in [2.05, 4.69) is 25.8 Å². The Morgan fingerprint density at radius 1 is 1.00 bits per heavy atom. The molecule has 172 valence electrons. The molecule has 1 fully saturated rings. The first-order chi connectivity index (χ1) is 15.8. The van der Waals surface area contributed by atoms with E-state index < -0.39 is 34.9 Å². The first kappa shape index (κ1) is 22.0. The molecule has 0 bridgehead atoms. The summed E-state index contributed by atoms with van der Waals surface area (Å²) in [6, 6.07) is 3.93. The van der Waals surface area contributed by atoms with E-state index in [0.717, 1.165) is 0 Å². The number of rotatable bonds is 5. The Balaban J connectivity index is 1.36. The predicted octanol–water partition coefficient (Wildman–Crippen LogP) is 2.55. The fraction of sp³-hybridized carbons (Fsp3) is 0.250. The number of aromatic nitrogens is 3. The minimum absolute atomic E-state index is 0.0371. The first-order valence-corrected chi connectivity index (χ1v) is 9.83. The molecular formula is C20H18F3N7O3. The number of benzene rings is 1. The lowest BCUT2D eigenvalue weighted by Crippen LogP contribution is -2.48. The highest BCUT2D eigenvalue weighted by Crippen LogP contribution is 2.22. The number of carbonyl (C=O) groups is 2. The average molecular weight is 461 g/mol. The van der Waals surface area contributed by atoms with E-state index in [1.807, 2.05) is 4.90 Å². The fourth-order valence-corrected chi connectivity index (χ4v) is 3.18. The van der Waals surface area contributed by atoms with Crippen LogP contribution in [-0.4, -0.2) is 58.1 Å². The molecule has 1 aliphatic heterocycles. The molecule has 0 saturated carbocycles. The number of piperazine rings is 1. The summed E-state index contributed by atoms with van der Waals surface area (Å²) in [5.41, 5.74) is -0.0704. The third-order valence-electron chi connectivity index (χ3n) is 4.93. The molecule has 1 aliphatic rings. The highest BCUT2D eigenvalue weighted by atomic mass is 19.2. The summed E-state index contributed by atoms with van der Waals surface area (Å²) in [5, 5.41) is 11.9. The highest BCUT2D eigenvalue weighted by Gasteiger charge is 2.20. The zero-order chi connectivity index (χ0) is 23.5. The van der Waals surface area contributed by atoms with E-state index in [0.29, 0.717) is 49.8 Å². The molecule has 1 saturated heterocycles. The number of anilines is 4. The molecule has 4 rings (SSSR count). The van der Waals surface area contributed by atoms with E-state index in [-0.39, 0.29) is 11.9 Å². The van der Waals surface area contributed by atoms with E-state index in [1.165, 1.54) is 13.1 Å². The van der Waals surface area contributed by atoms with Crippen molar-refractivity contribution in [2.75, 3.05) is 41.7 Å². The Hall–Kier alpha value is -4.16. The van der Waals surface area contributed by atoms with Gasteiger partial charge in [-0.15, -0.1) is 5.10 Å². The van der Waals surface area contributed by atoms with Crippen LogP contribution in [0.1, 0.15) is 17.6 Å². The van der Waals surface area contributed by atoms with Crippen LogP contribution in [-0.2, 0) is 4.79 Å². The molecule has 2 amide bonds. The van der Waals surface area contributed by atoms with Crippen LogP contribution in [0.3, 0.4) is 0 Å². The largest absolute Gasteiger partial charge is 0.399 e. The Labute approximate surface area is 185 Å². The summed E-state index contributed by atoms with van der Waals surface area (Å²) in [6.07, 6.45) is 1.46. The van der Waals surface area contributed by atoms with Gasteiger partial charge < -0.3 is 24.9 Å². The number of hydrogen-bond acceptors (Lipinski definition) is 8. The van der Waals surface area contributed by atoms with Gasteiger partial charge in [-0.3, -0.25) is 9.59 Å². The minimum atomic E-state index is -1.35. The van der Waals surface area contributed by atoms with Crippen molar-refractivity contribution in [3.05, 3.63) is 53.8 Å². The zero-order valence-electron chi connectivity index (χ0n) is 17.3. The smallest absolute Gasteiger partial charge is 0.320 e. The maximum atomic E-state index is 13.7. The van der Waals surface area contributed by atoms with Gasteiger partial charge in [0.15, 0.2) is 11.6 Å². The third-order valence-corrected chi connectivity index (χ3v) is 4.93. The van der Waals surface area contributed by atoms with Gasteiger partial charge in [0.25, 0.3) is 0 Å². The lowest BCUT2D eigenvalue weighted by molar-refractivity contribution is -0.129. The molecule has 13 heteroatoms. The summed E-state index contributed by atoms with van der Waals surface area (Å²) in [7, 11) is 0. The zero-order valence-corrected chi connectivity index (χ0v) is 17.3. The Morgan fingerprint density at radius 2 is 1.73 bits per heavy atom. The van der Waals surface area contributed by atoms with Crippen LogP contribution in [0.15, 0.2) is 34.9 Å². The van der Waals surface area contributed by atoms with Crippen LogP contribution in [0.5, 0.6) is 0 Å². The highest BCUT2D eigenvalue weighted by molar-refractivity contribution is 6.00. The second-order valence-electron chi connectivity index (χ2n) is 7.14. The van der Waals surface area contributed by atoms with Gasteiger partial charge in [-0.1, -0.05) is 5.10 Å². The Kier molecular flexibility index (Phi) is 6.11. The molecule has 0 radical (unpaired) electrons. The molecule has 2 N–H and O–H groups in total. The molecule has 3 heterocycles. The van der Waals surface area contributed by atoms with Crippen LogP contribution in [0.4, 0.5) is 36.4 Å². The van der Waals surface area contributed by atoms with Crippen molar-refractivity contribution < 1.29 is 27.2 Å². The summed E-state index contributed by atoms with van der Waals surface area (Å²) >= 11 is 0. The van der Waals surface area contributed by atoms with E-state index in [1.54, 1.807) is 17.0 Å². The van der Waals surface area contributed by atoms with Crippen LogP contribution in [0.2, 0.25) is 0 Å². The number of halogens is 3. The van der Waals surface area contributed by atoms with Gasteiger partial charge in [-0.05, 0) is 12.1 Å². The van der Waals surface area contributed by atoms with Gasteiger partial charge in [0.1, 0.15) is 11.6 Å². The van der Waals surface area contributed by atoms with Gasteiger partial charge in [-0.2, -0.15) is 0 Å². The van der Waals surface area contributed by atoms with Crippen molar-refractivity contribution >= 4 is 35.0 Å². The molecule has 3 aromatic rings. The predicted molar refractivity (Wildman–Crippen MR) is 111 cm³/mol. The number of carbonyl (C=O) groups excluding carboxylic acids is 2. The number of nitrogens with one attached hydrogen (secondary N) is 2. The first-order valence-electron chi connectivity index (χ1n) is 9.83. The average Bonchev–Trinajstić information content (AvgIpc) is 3.27. The van der Waals surface area contributed by atoms with Crippen molar-refractivity contribution in [1.82, 2.24) is 20.1 Å². The van der Waals surface area contributed by atoms with E-state index in [4.69, 9.17) is 4.42 Å². The summed E-state index contributed by atoms with van der Waals surface area (Å²) < 4.78 is 45.1. The fourth-order valence-electron chi connectivity index (χ4n) is 3.18. The van der Waals surface area contributed by atoms with Crippen molar-refractivity contribution in [2.45, 2.75) is 6.92 Å². The lowest BCUT2D eigenvalue weighted by Gasteiger charge is -2.34. The SMILES string of the molecule is CC(=O)N1CCN(c2ccc(NC(=O)c3nnc(Nc4cc(F)c(F)cc4F)o3)cn2)CC1. The topological polar surface area (TPSA) is 116 Å². The summed E-state index contributed by atoms with van der Waals surface area (Å²) in [5.74, 6) is -4.14. The lowest BCUT2D eigenvalue weighted by atomic mass is 10.3. The molecule has 0 aliphatic carbocycles. The maximum Gasteiger partial charge on any atom is 0.320 e. The summed E-state index contributed by atoms with van der Waals surface area (Å²) in [6.45, 7) is 4.05. The summed E-state index contributed by atoms with van der Waals surface area (Å²) in [4.78, 5) is 31.9. The van der Waals surface area contributed by atoms with Crippen molar-refractivity contribution in [3.63, 3.8) is 0 Å². The van der Waals surface area contributed by atoms with Crippen LogP contribution in [0.25, 0.3) is 0 Å². The number of amides is 2. The second-order valence-corrected chi connectivity index (χ2v) is 7.14. The molecular weight excluding hydrogens is 443 g/mol. The Bertz CT molecular complexity index is 1180. The van der Waals surface area contributed by atoms with Gasteiger partial charge in [0.2, 0.25) is 5.91 Å². The molecule has 33 heavy (non-hydrogen) atoms. The van der Waals surface area contributed by atoms with Crippen LogP contribution < -0.4 is 15.5 Å². The van der Waals surface area contributed by atoms with Crippen LogP contribution in [0, 0.1) is 17.5 Å². The normalized spacial score (nSPS) is 13.7. The second kappa shape index (κ2) is 9.14. The molecule has 0 atom stereocenters. The number of nitrogens with zero attached hydrogens (tertiary/aromatic N) is 5. The number of hydrogen-bond donors (Lipinski definition) is 2. The monoisotopic (exact) mass is 461 g/mol. The molecule has 2 aromatic heterocycles. The van der Waals surface area contributed by atoms with Gasteiger partial charge in [-0.25, -0.2) is 18.2 Å². The molecule has 0 spiro atoms. The quantitative estimate of drug-likeness (QED) is 0.557. The molecule has 0 unspecified atom stereocenters. The van der Waals surface area contributed by atoms with Crippen molar-refractivity contribution in [1.29, 1.82) is 0 Å². The van der Waals surface area contributed by atoms with Gasteiger partial charge >= 0.3 is 17.8 Å². The Morgan fingerprint density at radius 3 is 2.39 bits per heavy atom. The standard InChI is InChI=1S/C20H18F3N7O3/c1-11(31)29-4-6-30(7-5-29)17-3-2-12(10-24-17)25-18(32)19-27-28-20(33-19)26-16-9-14(22)13(21)8-15(16)23/h2-3,8-10H,4-7H2,1H3,(H,25,32)(H,26,28). The van der Waals surface area contributed by atoms with Gasteiger partial charge in [0, 0.05) is 45.2 Å². The van der Waals surface area contributed by atoms with Crippen molar-refractivity contribution in [2.24, 2.45) is 0 Å². The molecule has 1 aromatic carbocycles. The third kappa shape index (κ3) is 5.02. The van der Waals surface area contributed by atoms with E-state index in [9.17, 15) is 22.8 Å². The van der Waals surface area contributed by atoms with Crippen molar-refractivity contribution in [3.8, 4) is 0 Å². The van der Waals surface area contributed by atoms with Crippen LogP contribution >= 0.6 is 0 Å².